The Kier molecular flexibility index (Phi) is 4.65. The van der Waals surface area contributed by atoms with Crippen molar-refractivity contribution in [3.05, 3.63) is 29.8 Å². The van der Waals surface area contributed by atoms with Crippen LogP contribution < -0.4 is 0 Å². The minimum Gasteiger partial charge on any atom is -0.469 e. The lowest BCUT2D eigenvalue weighted by Crippen LogP contribution is -2.08. The van der Waals surface area contributed by atoms with Gasteiger partial charge in [-0.05, 0) is 17.9 Å². The van der Waals surface area contributed by atoms with Gasteiger partial charge in [-0.1, -0.05) is 18.2 Å². The van der Waals surface area contributed by atoms with Gasteiger partial charge in [0, 0.05) is 4.90 Å². The number of hydrogen-bond acceptors (Lipinski definition) is 4. The Labute approximate surface area is 93.4 Å². The van der Waals surface area contributed by atoms with E-state index in [-0.39, 0.29) is 6.42 Å². The van der Waals surface area contributed by atoms with E-state index in [4.69, 9.17) is 0 Å². The lowest BCUT2D eigenvalue weighted by molar-refractivity contribution is -0.142. The molecule has 15 heavy (non-hydrogen) atoms. The Balaban J connectivity index is 2.80. The number of hydrogen-bond donors (Lipinski definition) is 1. The molecule has 0 saturated heterocycles. The quantitative estimate of drug-likeness (QED) is 0.630. The first-order valence-corrected chi connectivity index (χ1v) is 5.79. The zero-order valence-electron chi connectivity index (χ0n) is 8.77. The minimum absolute atomic E-state index is 0.00588. The van der Waals surface area contributed by atoms with Gasteiger partial charge in [-0.2, -0.15) is 0 Å². The number of aliphatic hydroxyl groups excluding tert-OH is 1. The lowest BCUT2D eigenvalue weighted by Gasteiger charge is -2.12. The summed E-state index contributed by atoms with van der Waals surface area (Å²) in [6.45, 7) is 0. The summed E-state index contributed by atoms with van der Waals surface area (Å²) in [7, 11) is 1.32. The van der Waals surface area contributed by atoms with Crippen LogP contribution in [0.1, 0.15) is 18.1 Å². The maximum absolute atomic E-state index is 11.0. The summed E-state index contributed by atoms with van der Waals surface area (Å²) in [5.41, 5.74) is 0.774. The molecule has 1 rings (SSSR count). The molecule has 1 unspecified atom stereocenters. The smallest absolute Gasteiger partial charge is 0.308 e. The van der Waals surface area contributed by atoms with Gasteiger partial charge in [-0.15, -0.1) is 11.8 Å². The van der Waals surface area contributed by atoms with Crippen LogP contribution in [-0.2, 0) is 9.53 Å². The molecule has 0 radical (unpaired) electrons. The molecule has 1 aromatic carbocycles. The van der Waals surface area contributed by atoms with Crippen molar-refractivity contribution in [3.8, 4) is 0 Å². The molecule has 0 fully saturated rings. The van der Waals surface area contributed by atoms with Gasteiger partial charge in [0.25, 0.3) is 0 Å². The van der Waals surface area contributed by atoms with Gasteiger partial charge >= 0.3 is 5.97 Å². The summed E-state index contributed by atoms with van der Waals surface area (Å²) in [5.74, 6) is -0.404. The third kappa shape index (κ3) is 3.25. The summed E-state index contributed by atoms with van der Waals surface area (Å²) in [4.78, 5) is 12.0. The molecule has 3 nitrogen and oxygen atoms in total. The fourth-order valence-electron chi connectivity index (χ4n) is 1.29. The molecular formula is C11H14O3S. The number of ether oxygens (including phenoxy) is 1. The third-order valence-corrected chi connectivity index (χ3v) is 2.90. The van der Waals surface area contributed by atoms with Crippen molar-refractivity contribution in [3.63, 3.8) is 0 Å². The Morgan fingerprint density at radius 3 is 2.80 bits per heavy atom. The highest BCUT2D eigenvalue weighted by molar-refractivity contribution is 7.98. The highest BCUT2D eigenvalue weighted by atomic mass is 32.2. The van der Waals surface area contributed by atoms with Gasteiger partial charge in [0.15, 0.2) is 0 Å². The molecule has 0 aliphatic rings. The fourth-order valence-corrected chi connectivity index (χ4v) is 1.95. The van der Waals surface area contributed by atoms with Crippen molar-refractivity contribution >= 4 is 17.7 Å². The van der Waals surface area contributed by atoms with Crippen LogP contribution in [0.5, 0.6) is 0 Å². The van der Waals surface area contributed by atoms with Crippen LogP contribution in [0.2, 0.25) is 0 Å². The average Bonchev–Trinajstić information content (AvgIpc) is 2.28. The highest BCUT2D eigenvalue weighted by Crippen LogP contribution is 2.27. The fraction of sp³-hybridized carbons (Fsp3) is 0.364. The van der Waals surface area contributed by atoms with Crippen LogP contribution in [0.3, 0.4) is 0 Å². The van der Waals surface area contributed by atoms with Gasteiger partial charge in [0.05, 0.1) is 19.6 Å². The maximum atomic E-state index is 11.0. The first kappa shape index (κ1) is 12.1. The highest BCUT2D eigenvalue weighted by Gasteiger charge is 2.15. The Morgan fingerprint density at radius 1 is 1.53 bits per heavy atom. The standard InChI is InChI=1S/C11H14O3S/c1-14-11(13)7-9(12)8-5-3-4-6-10(8)15-2/h3-6,9,12H,7H2,1-2H3. The summed E-state index contributed by atoms with van der Waals surface area (Å²) in [6, 6.07) is 7.48. The topological polar surface area (TPSA) is 46.5 Å². The molecule has 4 heteroatoms. The van der Waals surface area contributed by atoms with E-state index in [1.165, 1.54) is 7.11 Å². The zero-order valence-corrected chi connectivity index (χ0v) is 9.58. The number of esters is 1. The zero-order chi connectivity index (χ0) is 11.3. The second-order valence-corrected chi connectivity index (χ2v) is 3.89. The van der Waals surface area contributed by atoms with Crippen LogP contribution in [0, 0.1) is 0 Å². The van der Waals surface area contributed by atoms with Gasteiger partial charge in [-0.25, -0.2) is 0 Å². The maximum Gasteiger partial charge on any atom is 0.308 e. The SMILES string of the molecule is COC(=O)CC(O)c1ccccc1SC. The number of benzene rings is 1. The largest absolute Gasteiger partial charge is 0.469 e. The average molecular weight is 226 g/mol. The number of thioether (sulfide) groups is 1. The Bertz CT molecular complexity index is 338. The summed E-state index contributed by atoms with van der Waals surface area (Å²) >= 11 is 1.55. The van der Waals surface area contributed by atoms with E-state index in [9.17, 15) is 9.90 Å². The molecule has 0 aliphatic heterocycles. The van der Waals surface area contributed by atoms with E-state index >= 15 is 0 Å². The third-order valence-electron chi connectivity index (χ3n) is 2.09. The van der Waals surface area contributed by atoms with Crippen molar-refractivity contribution < 1.29 is 14.6 Å². The minimum atomic E-state index is -0.791. The molecule has 82 valence electrons. The number of rotatable bonds is 4. The number of carbonyl (C=O) groups excluding carboxylic acids is 1. The second kappa shape index (κ2) is 5.78. The molecule has 0 heterocycles. The molecule has 0 saturated carbocycles. The summed E-state index contributed by atoms with van der Waals surface area (Å²) in [6.07, 6.45) is 1.14. The van der Waals surface area contributed by atoms with E-state index in [1.54, 1.807) is 11.8 Å². The van der Waals surface area contributed by atoms with E-state index in [2.05, 4.69) is 4.74 Å². The number of methoxy groups -OCH3 is 1. The van der Waals surface area contributed by atoms with Gasteiger partial charge < -0.3 is 9.84 Å². The molecule has 0 amide bonds. The van der Waals surface area contributed by atoms with Crippen LogP contribution in [0.25, 0.3) is 0 Å². The molecule has 0 aromatic heterocycles. The predicted molar refractivity (Wildman–Crippen MR) is 59.8 cm³/mol. The lowest BCUT2D eigenvalue weighted by atomic mass is 10.1. The van der Waals surface area contributed by atoms with Crippen molar-refractivity contribution in [2.45, 2.75) is 17.4 Å². The van der Waals surface area contributed by atoms with Crippen molar-refractivity contribution in [1.82, 2.24) is 0 Å². The Morgan fingerprint density at radius 2 is 2.20 bits per heavy atom. The van der Waals surface area contributed by atoms with E-state index in [0.29, 0.717) is 0 Å². The molecule has 1 aromatic rings. The van der Waals surface area contributed by atoms with Crippen molar-refractivity contribution in [2.24, 2.45) is 0 Å². The van der Waals surface area contributed by atoms with Crippen LogP contribution >= 0.6 is 11.8 Å². The van der Waals surface area contributed by atoms with Gasteiger partial charge in [-0.3, -0.25) is 4.79 Å². The molecule has 0 aliphatic carbocycles. The summed E-state index contributed by atoms with van der Waals surface area (Å²) < 4.78 is 4.51. The van der Waals surface area contributed by atoms with Crippen molar-refractivity contribution in [1.29, 1.82) is 0 Å². The molecule has 0 spiro atoms. The number of aliphatic hydroxyl groups is 1. The molecular weight excluding hydrogens is 212 g/mol. The normalized spacial score (nSPS) is 12.2. The van der Waals surface area contributed by atoms with Gasteiger partial charge in [0.1, 0.15) is 0 Å². The first-order chi connectivity index (χ1) is 7.19. The van der Waals surface area contributed by atoms with Crippen LogP contribution in [0.15, 0.2) is 29.2 Å². The molecule has 1 N–H and O–H groups in total. The first-order valence-electron chi connectivity index (χ1n) is 4.56. The monoisotopic (exact) mass is 226 g/mol. The molecule has 0 bridgehead atoms. The molecule has 1 atom stereocenters. The van der Waals surface area contributed by atoms with Gasteiger partial charge in [0.2, 0.25) is 0 Å². The van der Waals surface area contributed by atoms with E-state index in [1.807, 2.05) is 30.5 Å². The predicted octanol–water partition coefficient (Wildman–Crippen LogP) is 2.00. The van der Waals surface area contributed by atoms with Crippen LogP contribution in [0.4, 0.5) is 0 Å². The second-order valence-electron chi connectivity index (χ2n) is 3.04. The Hall–Kier alpha value is -1.00. The van der Waals surface area contributed by atoms with Crippen molar-refractivity contribution in [2.75, 3.05) is 13.4 Å². The van der Waals surface area contributed by atoms with E-state index in [0.717, 1.165) is 10.5 Å². The van der Waals surface area contributed by atoms with Crippen LogP contribution in [-0.4, -0.2) is 24.4 Å². The number of carbonyl (C=O) groups is 1. The summed E-state index contributed by atoms with van der Waals surface area (Å²) in [5, 5.41) is 9.82. The van der Waals surface area contributed by atoms with E-state index < -0.39 is 12.1 Å².